The highest BCUT2D eigenvalue weighted by atomic mass is 16.4. The van der Waals surface area contributed by atoms with Crippen LogP contribution in [0.5, 0.6) is 0 Å². The molecule has 112 valence electrons. The number of rotatable bonds is 4. The van der Waals surface area contributed by atoms with Crippen LogP contribution in [0.1, 0.15) is 46.9 Å². The highest BCUT2D eigenvalue weighted by molar-refractivity contribution is 5.99. The Labute approximate surface area is 121 Å². The molecule has 1 aliphatic rings. The number of hydrogen-bond acceptors (Lipinski definition) is 3. The van der Waals surface area contributed by atoms with E-state index in [1.165, 1.54) is 12.1 Å². The molecule has 6 heteroatoms. The topological polar surface area (TPSA) is 104 Å². The molecule has 2 unspecified atom stereocenters. The van der Waals surface area contributed by atoms with E-state index in [4.69, 9.17) is 10.2 Å². The van der Waals surface area contributed by atoms with Crippen molar-refractivity contribution >= 4 is 23.5 Å². The normalized spacial score (nSPS) is 21.0. The van der Waals surface area contributed by atoms with Gasteiger partial charge in [-0.25, -0.2) is 9.59 Å². The zero-order chi connectivity index (χ0) is 15.6. The third-order valence-electron chi connectivity index (χ3n) is 3.89. The molecule has 3 N–H and O–H groups in total. The first-order chi connectivity index (χ1) is 9.88. The monoisotopic (exact) mass is 291 g/mol. The molecule has 0 radical (unpaired) electrons. The van der Waals surface area contributed by atoms with Crippen LogP contribution >= 0.6 is 0 Å². The number of benzene rings is 1. The fourth-order valence-electron chi connectivity index (χ4n) is 2.72. The molecule has 0 spiro atoms. The van der Waals surface area contributed by atoms with E-state index < -0.39 is 11.9 Å². The van der Waals surface area contributed by atoms with Gasteiger partial charge in [-0.2, -0.15) is 0 Å². The second-order valence-corrected chi connectivity index (χ2v) is 5.41. The van der Waals surface area contributed by atoms with Crippen LogP contribution in [-0.4, -0.2) is 28.1 Å². The maximum Gasteiger partial charge on any atom is 0.335 e. The molecular formula is C15H17NO5. The van der Waals surface area contributed by atoms with Crippen molar-refractivity contribution in [2.45, 2.75) is 26.2 Å². The highest BCUT2D eigenvalue weighted by Gasteiger charge is 2.29. The van der Waals surface area contributed by atoms with Crippen LogP contribution in [0.3, 0.4) is 0 Å². The molecule has 0 bridgehead atoms. The molecule has 2 atom stereocenters. The van der Waals surface area contributed by atoms with Crippen LogP contribution in [0.25, 0.3) is 0 Å². The van der Waals surface area contributed by atoms with Gasteiger partial charge in [0.15, 0.2) is 0 Å². The molecule has 0 heterocycles. The lowest BCUT2D eigenvalue weighted by Crippen LogP contribution is -2.24. The molecule has 6 nitrogen and oxygen atoms in total. The van der Waals surface area contributed by atoms with E-state index in [9.17, 15) is 14.4 Å². The smallest absolute Gasteiger partial charge is 0.335 e. The van der Waals surface area contributed by atoms with Crippen molar-refractivity contribution in [2.24, 2.45) is 11.8 Å². The first-order valence-electron chi connectivity index (χ1n) is 6.81. The van der Waals surface area contributed by atoms with Crippen molar-refractivity contribution in [3.05, 3.63) is 29.3 Å². The van der Waals surface area contributed by atoms with Crippen molar-refractivity contribution in [1.29, 1.82) is 0 Å². The summed E-state index contributed by atoms with van der Waals surface area (Å²) >= 11 is 0. The van der Waals surface area contributed by atoms with Crippen LogP contribution in [0.15, 0.2) is 18.2 Å². The van der Waals surface area contributed by atoms with Gasteiger partial charge in [-0.15, -0.1) is 0 Å². The molecule has 1 aliphatic carbocycles. The van der Waals surface area contributed by atoms with E-state index in [-0.39, 0.29) is 34.6 Å². The fourth-order valence-corrected chi connectivity index (χ4v) is 2.72. The van der Waals surface area contributed by atoms with Gasteiger partial charge in [-0.3, -0.25) is 4.79 Å². The molecule has 1 fully saturated rings. The van der Waals surface area contributed by atoms with Crippen molar-refractivity contribution < 1.29 is 24.6 Å². The van der Waals surface area contributed by atoms with Gasteiger partial charge >= 0.3 is 11.9 Å². The van der Waals surface area contributed by atoms with Gasteiger partial charge in [0.05, 0.1) is 11.1 Å². The van der Waals surface area contributed by atoms with E-state index in [0.717, 1.165) is 25.3 Å². The van der Waals surface area contributed by atoms with Gasteiger partial charge in [-0.1, -0.05) is 13.3 Å². The lowest BCUT2D eigenvalue weighted by atomic mass is 9.97. The number of carboxylic acids is 2. The summed E-state index contributed by atoms with van der Waals surface area (Å²) in [6.07, 6.45) is 2.79. The summed E-state index contributed by atoms with van der Waals surface area (Å²) in [5, 5.41) is 20.6. The van der Waals surface area contributed by atoms with Crippen LogP contribution < -0.4 is 5.32 Å². The van der Waals surface area contributed by atoms with E-state index in [1.54, 1.807) is 0 Å². The fraction of sp³-hybridized carbons (Fsp3) is 0.400. The van der Waals surface area contributed by atoms with Gasteiger partial charge in [0, 0.05) is 11.6 Å². The lowest BCUT2D eigenvalue weighted by Gasteiger charge is -2.15. The van der Waals surface area contributed by atoms with Gasteiger partial charge in [0.2, 0.25) is 5.91 Å². The lowest BCUT2D eigenvalue weighted by molar-refractivity contribution is -0.120. The Balaban J connectivity index is 2.24. The molecule has 1 saturated carbocycles. The molecule has 2 rings (SSSR count). The molecule has 1 amide bonds. The van der Waals surface area contributed by atoms with Crippen LogP contribution in [0.4, 0.5) is 5.69 Å². The zero-order valence-electron chi connectivity index (χ0n) is 11.6. The van der Waals surface area contributed by atoms with Crippen LogP contribution in [-0.2, 0) is 4.79 Å². The summed E-state index contributed by atoms with van der Waals surface area (Å²) < 4.78 is 0. The Morgan fingerprint density at radius 3 is 2.05 bits per heavy atom. The third kappa shape index (κ3) is 3.39. The summed E-state index contributed by atoms with van der Waals surface area (Å²) in [5.74, 6) is -2.47. The number of carbonyl (C=O) groups is 3. The summed E-state index contributed by atoms with van der Waals surface area (Å²) in [6, 6.07) is 3.61. The second kappa shape index (κ2) is 5.95. The van der Waals surface area contributed by atoms with E-state index in [2.05, 4.69) is 5.32 Å². The second-order valence-electron chi connectivity index (χ2n) is 5.41. The van der Waals surface area contributed by atoms with E-state index in [1.807, 2.05) is 6.92 Å². The Morgan fingerprint density at radius 1 is 1.05 bits per heavy atom. The largest absolute Gasteiger partial charge is 0.478 e. The first-order valence-corrected chi connectivity index (χ1v) is 6.81. The average Bonchev–Trinajstić information content (AvgIpc) is 2.84. The summed E-state index contributed by atoms with van der Waals surface area (Å²) in [7, 11) is 0. The summed E-state index contributed by atoms with van der Waals surface area (Å²) in [5.41, 5.74) is -0.120. The zero-order valence-corrected chi connectivity index (χ0v) is 11.6. The van der Waals surface area contributed by atoms with Crippen molar-refractivity contribution in [3.8, 4) is 0 Å². The Kier molecular flexibility index (Phi) is 4.26. The number of carbonyl (C=O) groups excluding carboxylic acids is 1. The van der Waals surface area contributed by atoms with E-state index in [0.29, 0.717) is 0 Å². The summed E-state index contributed by atoms with van der Waals surface area (Å²) in [6.45, 7) is 2.01. The highest BCUT2D eigenvalue weighted by Crippen LogP contribution is 2.32. The minimum absolute atomic E-state index is 0.105. The van der Waals surface area contributed by atoms with Crippen LogP contribution in [0, 0.1) is 11.8 Å². The molecule has 1 aromatic rings. The maximum absolute atomic E-state index is 12.2. The standard InChI is InChI=1S/C15H17NO5/c1-8-3-2-4-12(8)13(17)16-11-6-9(14(18)19)5-10(7-11)15(20)21/h5-8,12H,2-4H2,1H3,(H,16,17)(H,18,19)(H,20,21). The average molecular weight is 291 g/mol. The first kappa shape index (κ1) is 15.0. The molecule has 0 aliphatic heterocycles. The Hall–Kier alpha value is -2.37. The Morgan fingerprint density at radius 2 is 1.62 bits per heavy atom. The molecule has 21 heavy (non-hydrogen) atoms. The predicted octanol–water partition coefficient (Wildman–Crippen LogP) is 2.46. The number of nitrogens with one attached hydrogen (secondary N) is 1. The van der Waals surface area contributed by atoms with Crippen LogP contribution in [0.2, 0.25) is 0 Å². The maximum atomic E-state index is 12.2. The number of carboxylic acid groups (broad SMARTS) is 2. The predicted molar refractivity (Wildman–Crippen MR) is 75.5 cm³/mol. The van der Waals surface area contributed by atoms with Gasteiger partial charge in [0.25, 0.3) is 0 Å². The quantitative estimate of drug-likeness (QED) is 0.790. The van der Waals surface area contributed by atoms with Gasteiger partial charge in [-0.05, 0) is 37.0 Å². The molecular weight excluding hydrogens is 274 g/mol. The molecule has 1 aromatic carbocycles. The molecule has 0 aromatic heterocycles. The number of hydrogen-bond donors (Lipinski definition) is 3. The van der Waals surface area contributed by atoms with Crippen molar-refractivity contribution in [3.63, 3.8) is 0 Å². The third-order valence-corrected chi connectivity index (χ3v) is 3.89. The number of aromatic carboxylic acids is 2. The SMILES string of the molecule is CC1CCCC1C(=O)Nc1cc(C(=O)O)cc(C(=O)O)c1. The Bertz CT molecular complexity index is 563. The van der Waals surface area contributed by atoms with Crippen molar-refractivity contribution in [2.75, 3.05) is 5.32 Å². The van der Waals surface area contributed by atoms with E-state index >= 15 is 0 Å². The minimum Gasteiger partial charge on any atom is -0.478 e. The molecule has 0 saturated heterocycles. The number of anilines is 1. The minimum atomic E-state index is -1.23. The van der Waals surface area contributed by atoms with Gasteiger partial charge < -0.3 is 15.5 Å². The van der Waals surface area contributed by atoms with Crippen molar-refractivity contribution in [1.82, 2.24) is 0 Å². The summed E-state index contributed by atoms with van der Waals surface area (Å²) in [4.78, 5) is 34.2. The number of amides is 1. The van der Waals surface area contributed by atoms with Gasteiger partial charge in [0.1, 0.15) is 0 Å².